The molecule has 1 heterocycles. The second kappa shape index (κ2) is 4.15. The van der Waals surface area contributed by atoms with Crippen LogP contribution in [0.4, 0.5) is 5.69 Å². The maximum atomic E-state index is 11.7. The highest BCUT2D eigenvalue weighted by Gasteiger charge is 2.14. The highest BCUT2D eigenvalue weighted by atomic mass is 16.3. The molecule has 1 aromatic rings. The largest absolute Gasteiger partial charge is 0.397 e. The van der Waals surface area contributed by atoms with Gasteiger partial charge in [-0.15, -0.1) is 0 Å². The average molecular weight is 197 g/mol. The lowest BCUT2D eigenvalue weighted by atomic mass is 10.3. The van der Waals surface area contributed by atoms with Crippen LogP contribution >= 0.6 is 0 Å². The van der Waals surface area contributed by atoms with Gasteiger partial charge in [0.15, 0.2) is 0 Å². The predicted octanol–water partition coefficient (Wildman–Crippen LogP) is -0.328. The van der Waals surface area contributed by atoms with Crippen LogP contribution in [0.5, 0.6) is 0 Å². The number of aromatic nitrogens is 1. The Morgan fingerprint density at radius 3 is 2.79 bits per heavy atom. The van der Waals surface area contributed by atoms with E-state index in [1.54, 1.807) is 30.9 Å². The molecule has 0 unspecified atom stereocenters. The summed E-state index contributed by atoms with van der Waals surface area (Å²) in [5.74, 6) is -0.141. The van der Waals surface area contributed by atoms with Gasteiger partial charge in [0.05, 0.1) is 12.3 Å². The minimum Gasteiger partial charge on any atom is -0.397 e. The van der Waals surface area contributed by atoms with Crippen LogP contribution in [0.15, 0.2) is 12.3 Å². The Morgan fingerprint density at radius 2 is 2.36 bits per heavy atom. The fourth-order valence-corrected chi connectivity index (χ4v) is 1.25. The van der Waals surface area contributed by atoms with Gasteiger partial charge in [-0.3, -0.25) is 4.79 Å². The second-order valence-corrected chi connectivity index (χ2v) is 3.22. The summed E-state index contributed by atoms with van der Waals surface area (Å²) < 4.78 is 1.67. The third-order valence-corrected chi connectivity index (χ3v) is 2.03. The van der Waals surface area contributed by atoms with Crippen LogP contribution in [0.25, 0.3) is 0 Å². The minimum atomic E-state index is -0.141. The van der Waals surface area contributed by atoms with E-state index in [2.05, 4.69) is 0 Å². The number of hydrogen-bond acceptors (Lipinski definition) is 3. The first-order chi connectivity index (χ1) is 6.56. The molecule has 0 atom stereocenters. The molecular weight excluding hydrogens is 182 g/mol. The van der Waals surface area contributed by atoms with Gasteiger partial charge in [0.25, 0.3) is 5.91 Å². The number of anilines is 1. The van der Waals surface area contributed by atoms with E-state index in [-0.39, 0.29) is 12.5 Å². The van der Waals surface area contributed by atoms with E-state index in [1.807, 2.05) is 0 Å². The summed E-state index contributed by atoms with van der Waals surface area (Å²) in [6.45, 7) is 0.284. The van der Waals surface area contributed by atoms with E-state index in [9.17, 15) is 4.79 Å². The molecule has 1 aromatic heterocycles. The molecule has 0 aliphatic heterocycles. The quantitative estimate of drug-likeness (QED) is 0.697. The number of hydrogen-bond donors (Lipinski definition) is 2. The van der Waals surface area contributed by atoms with Crippen molar-refractivity contribution in [3.8, 4) is 0 Å². The van der Waals surface area contributed by atoms with Crippen molar-refractivity contribution in [2.45, 2.75) is 0 Å². The highest BCUT2D eigenvalue weighted by Crippen LogP contribution is 2.10. The summed E-state index contributed by atoms with van der Waals surface area (Å²) in [6, 6.07) is 1.62. The number of nitrogens with two attached hydrogens (primary N) is 1. The summed E-state index contributed by atoms with van der Waals surface area (Å²) in [5.41, 5.74) is 6.64. The number of aliphatic hydroxyl groups excluding tert-OH is 1. The molecule has 0 saturated heterocycles. The van der Waals surface area contributed by atoms with Crippen molar-refractivity contribution in [2.24, 2.45) is 7.05 Å². The van der Waals surface area contributed by atoms with E-state index in [0.717, 1.165) is 0 Å². The van der Waals surface area contributed by atoms with Gasteiger partial charge in [0, 0.05) is 26.8 Å². The number of carbonyl (C=O) groups excluding carboxylic acids is 1. The molecule has 0 aliphatic carbocycles. The molecule has 1 rings (SSSR count). The van der Waals surface area contributed by atoms with Gasteiger partial charge >= 0.3 is 0 Å². The molecule has 78 valence electrons. The smallest absolute Gasteiger partial charge is 0.270 e. The summed E-state index contributed by atoms with van der Waals surface area (Å²) >= 11 is 0. The molecule has 0 fully saturated rings. The number of nitrogens with zero attached hydrogens (tertiary/aromatic N) is 2. The summed E-state index contributed by atoms with van der Waals surface area (Å²) in [4.78, 5) is 13.2. The summed E-state index contributed by atoms with van der Waals surface area (Å²) in [5, 5.41) is 8.68. The number of aliphatic hydroxyl groups is 1. The van der Waals surface area contributed by atoms with Crippen LogP contribution < -0.4 is 5.73 Å². The summed E-state index contributed by atoms with van der Waals surface area (Å²) in [6.07, 6.45) is 1.68. The fourth-order valence-electron chi connectivity index (χ4n) is 1.25. The number of likely N-dealkylation sites (N-methyl/N-ethyl adjacent to an activating group) is 1. The van der Waals surface area contributed by atoms with Crippen molar-refractivity contribution in [3.63, 3.8) is 0 Å². The Hall–Kier alpha value is -1.49. The molecular formula is C9H15N3O2. The molecule has 0 spiro atoms. The van der Waals surface area contributed by atoms with Crippen LogP contribution in [0.3, 0.4) is 0 Å². The molecule has 5 heteroatoms. The first kappa shape index (κ1) is 10.6. The van der Waals surface area contributed by atoms with E-state index >= 15 is 0 Å². The Labute approximate surface area is 82.7 Å². The molecule has 0 aliphatic rings. The third-order valence-electron chi connectivity index (χ3n) is 2.03. The van der Waals surface area contributed by atoms with Crippen LogP contribution in [-0.4, -0.2) is 40.7 Å². The van der Waals surface area contributed by atoms with Crippen LogP contribution in [0.1, 0.15) is 10.5 Å². The number of nitrogen functional groups attached to an aromatic ring is 1. The van der Waals surface area contributed by atoms with Gasteiger partial charge in [-0.2, -0.15) is 0 Å². The van der Waals surface area contributed by atoms with Gasteiger partial charge in [-0.25, -0.2) is 0 Å². The van der Waals surface area contributed by atoms with Gasteiger partial charge in [0.2, 0.25) is 0 Å². The lowest BCUT2D eigenvalue weighted by Gasteiger charge is -2.15. The normalized spacial score (nSPS) is 10.2. The van der Waals surface area contributed by atoms with Gasteiger partial charge in [-0.05, 0) is 6.07 Å². The van der Waals surface area contributed by atoms with Gasteiger partial charge in [-0.1, -0.05) is 0 Å². The number of amides is 1. The number of rotatable bonds is 3. The van der Waals surface area contributed by atoms with Gasteiger partial charge in [0.1, 0.15) is 5.69 Å². The number of aryl methyl sites for hydroxylation is 1. The van der Waals surface area contributed by atoms with Crippen molar-refractivity contribution in [2.75, 3.05) is 25.9 Å². The third kappa shape index (κ3) is 2.05. The maximum absolute atomic E-state index is 11.7. The van der Waals surface area contributed by atoms with E-state index < -0.39 is 0 Å². The van der Waals surface area contributed by atoms with E-state index in [1.165, 1.54) is 4.90 Å². The van der Waals surface area contributed by atoms with Crippen molar-refractivity contribution in [1.82, 2.24) is 9.47 Å². The zero-order valence-electron chi connectivity index (χ0n) is 8.40. The van der Waals surface area contributed by atoms with E-state index in [0.29, 0.717) is 17.9 Å². The van der Waals surface area contributed by atoms with Crippen LogP contribution in [-0.2, 0) is 7.05 Å². The number of carbonyl (C=O) groups is 1. The second-order valence-electron chi connectivity index (χ2n) is 3.22. The minimum absolute atomic E-state index is 0.0395. The van der Waals surface area contributed by atoms with Crippen molar-refractivity contribution >= 4 is 11.6 Å². The Morgan fingerprint density at radius 1 is 1.71 bits per heavy atom. The molecule has 0 bridgehead atoms. The molecule has 5 nitrogen and oxygen atoms in total. The predicted molar refractivity (Wildman–Crippen MR) is 53.9 cm³/mol. The Balaban J connectivity index is 2.83. The standard InChI is InChI=1S/C9H15N3O2/c1-11(3-4-13)9(14)8-5-7(10)6-12(8)2/h5-6,13H,3-4,10H2,1-2H3. The van der Waals surface area contributed by atoms with E-state index in [4.69, 9.17) is 10.8 Å². The van der Waals surface area contributed by atoms with Crippen LogP contribution in [0.2, 0.25) is 0 Å². The molecule has 1 amide bonds. The van der Waals surface area contributed by atoms with Crippen molar-refractivity contribution < 1.29 is 9.90 Å². The Bertz CT molecular complexity index is 333. The molecule has 14 heavy (non-hydrogen) atoms. The van der Waals surface area contributed by atoms with Crippen molar-refractivity contribution in [3.05, 3.63) is 18.0 Å². The lowest BCUT2D eigenvalue weighted by molar-refractivity contribution is 0.0757. The average Bonchev–Trinajstić information content (AvgIpc) is 2.44. The molecule has 0 saturated carbocycles. The SMILES string of the molecule is CN(CCO)C(=O)c1cc(N)cn1C. The molecule has 0 radical (unpaired) electrons. The monoisotopic (exact) mass is 197 g/mol. The van der Waals surface area contributed by atoms with Gasteiger partial charge < -0.3 is 20.3 Å². The zero-order valence-corrected chi connectivity index (χ0v) is 8.40. The summed E-state index contributed by atoms with van der Waals surface area (Å²) in [7, 11) is 3.40. The lowest BCUT2D eigenvalue weighted by Crippen LogP contribution is -2.30. The topological polar surface area (TPSA) is 71.5 Å². The Kier molecular flexibility index (Phi) is 3.14. The zero-order chi connectivity index (χ0) is 10.7. The first-order valence-electron chi connectivity index (χ1n) is 4.34. The van der Waals surface area contributed by atoms with Crippen LogP contribution in [0, 0.1) is 0 Å². The molecule has 3 N–H and O–H groups in total. The fraction of sp³-hybridized carbons (Fsp3) is 0.444. The van der Waals surface area contributed by atoms with Crippen molar-refractivity contribution in [1.29, 1.82) is 0 Å². The maximum Gasteiger partial charge on any atom is 0.270 e. The highest BCUT2D eigenvalue weighted by molar-refractivity contribution is 5.93. The molecule has 0 aromatic carbocycles. The first-order valence-corrected chi connectivity index (χ1v) is 4.34.